The van der Waals surface area contributed by atoms with Gasteiger partial charge < -0.3 is 19.5 Å². The second-order valence-electron chi connectivity index (χ2n) is 5.81. The van der Waals surface area contributed by atoms with Gasteiger partial charge >= 0.3 is 5.97 Å². The summed E-state index contributed by atoms with van der Waals surface area (Å²) >= 11 is 6.02. The molecule has 0 saturated heterocycles. The maximum Gasteiger partial charge on any atom is 0.311 e. The SMILES string of the molecule is C[C@@H](OC(=O)Cc1ccccc1Cl)C(=O)NCc1ccc2c(c1)OCO2. The minimum Gasteiger partial charge on any atom is -0.454 e. The van der Waals surface area contributed by atoms with Crippen molar-refractivity contribution < 1.29 is 23.8 Å². The van der Waals surface area contributed by atoms with Crippen molar-refractivity contribution in [3.63, 3.8) is 0 Å². The quantitative estimate of drug-likeness (QED) is 0.786. The first-order valence-electron chi connectivity index (χ1n) is 8.12. The minimum absolute atomic E-state index is 0.0133. The molecule has 0 radical (unpaired) electrons. The second-order valence-corrected chi connectivity index (χ2v) is 6.21. The number of benzene rings is 2. The van der Waals surface area contributed by atoms with E-state index in [4.69, 9.17) is 25.8 Å². The maximum atomic E-state index is 12.1. The van der Waals surface area contributed by atoms with Crippen LogP contribution in [-0.2, 0) is 27.3 Å². The van der Waals surface area contributed by atoms with E-state index in [1.807, 2.05) is 6.07 Å². The summed E-state index contributed by atoms with van der Waals surface area (Å²) in [5.41, 5.74) is 1.52. The van der Waals surface area contributed by atoms with E-state index in [0.29, 0.717) is 28.6 Å². The number of rotatable bonds is 6. The van der Waals surface area contributed by atoms with E-state index in [1.165, 1.54) is 6.92 Å². The molecule has 26 heavy (non-hydrogen) atoms. The third-order valence-corrected chi connectivity index (χ3v) is 4.24. The number of nitrogens with one attached hydrogen (secondary N) is 1. The van der Waals surface area contributed by atoms with Gasteiger partial charge in [-0.25, -0.2) is 0 Å². The van der Waals surface area contributed by atoms with Crippen molar-refractivity contribution >= 4 is 23.5 Å². The third kappa shape index (κ3) is 4.46. The Labute approximate surface area is 156 Å². The van der Waals surface area contributed by atoms with Crippen molar-refractivity contribution in [3.05, 3.63) is 58.6 Å². The predicted molar refractivity (Wildman–Crippen MR) is 95.1 cm³/mol. The number of esters is 1. The standard InChI is InChI=1S/C19H18ClNO5/c1-12(26-18(22)9-14-4-2-3-5-15(14)20)19(23)21-10-13-6-7-16-17(8-13)25-11-24-16/h2-8,12H,9-11H2,1H3,(H,21,23)/t12-/m1/s1. The number of halogens is 1. The van der Waals surface area contributed by atoms with Crippen LogP contribution in [0.4, 0.5) is 0 Å². The molecule has 0 aromatic heterocycles. The van der Waals surface area contributed by atoms with Crippen LogP contribution in [0, 0.1) is 0 Å². The zero-order valence-electron chi connectivity index (χ0n) is 14.2. The summed E-state index contributed by atoms with van der Waals surface area (Å²) in [7, 11) is 0. The number of fused-ring (bicyclic) bond motifs is 1. The molecule has 0 unspecified atom stereocenters. The summed E-state index contributed by atoms with van der Waals surface area (Å²) in [6.45, 7) is 2.02. The van der Waals surface area contributed by atoms with Gasteiger partial charge in [0.15, 0.2) is 17.6 Å². The molecular weight excluding hydrogens is 358 g/mol. The molecule has 0 fully saturated rings. The first-order valence-corrected chi connectivity index (χ1v) is 8.50. The Hall–Kier alpha value is -2.73. The fourth-order valence-electron chi connectivity index (χ4n) is 2.47. The molecule has 2 aromatic carbocycles. The minimum atomic E-state index is -0.904. The van der Waals surface area contributed by atoms with Gasteiger partial charge in [-0.2, -0.15) is 0 Å². The van der Waals surface area contributed by atoms with Crippen molar-refractivity contribution in [2.45, 2.75) is 26.0 Å². The third-order valence-electron chi connectivity index (χ3n) is 3.87. The number of amides is 1. The molecule has 1 N–H and O–H groups in total. The van der Waals surface area contributed by atoms with Crippen molar-refractivity contribution in [2.75, 3.05) is 6.79 Å². The molecule has 1 atom stereocenters. The molecule has 1 heterocycles. The van der Waals surface area contributed by atoms with E-state index < -0.39 is 12.1 Å². The first kappa shape index (κ1) is 18.1. The van der Waals surface area contributed by atoms with Crippen LogP contribution in [-0.4, -0.2) is 24.8 Å². The van der Waals surface area contributed by atoms with Crippen molar-refractivity contribution in [1.29, 1.82) is 0 Å². The molecule has 6 nitrogen and oxygen atoms in total. The molecular formula is C19H18ClNO5. The molecule has 1 amide bonds. The molecule has 136 valence electrons. The van der Waals surface area contributed by atoms with E-state index in [0.717, 1.165) is 5.56 Å². The van der Waals surface area contributed by atoms with Gasteiger partial charge in [0.25, 0.3) is 5.91 Å². The molecule has 7 heteroatoms. The largest absolute Gasteiger partial charge is 0.454 e. The lowest BCUT2D eigenvalue weighted by Crippen LogP contribution is -2.35. The Morgan fingerprint density at radius 3 is 2.77 bits per heavy atom. The zero-order valence-corrected chi connectivity index (χ0v) is 14.9. The summed E-state index contributed by atoms with van der Waals surface area (Å²) in [6, 6.07) is 12.4. The highest BCUT2D eigenvalue weighted by atomic mass is 35.5. The number of hydrogen-bond acceptors (Lipinski definition) is 5. The molecule has 0 bridgehead atoms. The van der Waals surface area contributed by atoms with Crippen molar-refractivity contribution in [3.8, 4) is 11.5 Å². The van der Waals surface area contributed by atoms with Crippen molar-refractivity contribution in [2.24, 2.45) is 0 Å². The van der Waals surface area contributed by atoms with Crippen LogP contribution in [0.2, 0.25) is 5.02 Å². The Morgan fingerprint density at radius 1 is 1.19 bits per heavy atom. The van der Waals surface area contributed by atoms with E-state index >= 15 is 0 Å². The molecule has 0 saturated carbocycles. The van der Waals surface area contributed by atoms with Gasteiger partial charge in [0.2, 0.25) is 6.79 Å². The average molecular weight is 376 g/mol. The van der Waals surface area contributed by atoms with Crippen LogP contribution in [0.5, 0.6) is 11.5 Å². The highest BCUT2D eigenvalue weighted by molar-refractivity contribution is 6.31. The molecule has 3 rings (SSSR count). The zero-order chi connectivity index (χ0) is 18.5. The van der Waals surface area contributed by atoms with Gasteiger partial charge in [-0.05, 0) is 36.2 Å². The first-order chi connectivity index (χ1) is 12.5. The lowest BCUT2D eigenvalue weighted by atomic mass is 10.1. The molecule has 0 aliphatic carbocycles. The van der Waals surface area contributed by atoms with Gasteiger partial charge in [0.05, 0.1) is 6.42 Å². The van der Waals surface area contributed by atoms with Crippen LogP contribution in [0.25, 0.3) is 0 Å². The van der Waals surface area contributed by atoms with Crippen LogP contribution in [0.3, 0.4) is 0 Å². The maximum absolute atomic E-state index is 12.1. The van der Waals surface area contributed by atoms with Crippen LogP contribution >= 0.6 is 11.6 Å². The second kappa shape index (κ2) is 8.10. The Kier molecular flexibility index (Phi) is 5.63. The molecule has 0 spiro atoms. The summed E-state index contributed by atoms with van der Waals surface area (Å²) < 4.78 is 15.7. The van der Waals surface area contributed by atoms with Gasteiger partial charge in [-0.15, -0.1) is 0 Å². The molecule has 1 aliphatic rings. The van der Waals surface area contributed by atoms with E-state index in [9.17, 15) is 9.59 Å². The van der Waals surface area contributed by atoms with E-state index in [-0.39, 0.29) is 19.1 Å². The van der Waals surface area contributed by atoms with Gasteiger partial charge in [-0.1, -0.05) is 35.9 Å². The van der Waals surface area contributed by atoms with Crippen LogP contribution in [0.1, 0.15) is 18.1 Å². The average Bonchev–Trinajstić information content (AvgIpc) is 3.09. The lowest BCUT2D eigenvalue weighted by molar-refractivity contribution is -0.154. The summed E-state index contributed by atoms with van der Waals surface area (Å²) in [4.78, 5) is 24.1. The van der Waals surface area contributed by atoms with E-state index in [1.54, 1.807) is 36.4 Å². The number of hydrogen-bond donors (Lipinski definition) is 1. The molecule has 1 aliphatic heterocycles. The van der Waals surface area contributed by atoms with Crippen LogP contribution < -0.4 is 14.8 Å². The monoisotopic (exact) mass is 375 g/mol. The van der Waals surface area contributed by atoms with Crippen molar-refractivity contribution in [1.82, 2.24) is 5.32 Å². The molecule has 2 aromatic rings. The fourth-order valence-corrected chi connectivity index (χ4v) is 2.68. The normalized spacial score (nSPS) is 13.2. The van der Waals surface area contributed by atoms with Crippen LogP contribution in [0.15, 0.2) is 42.5 Å². The summed E-state index contributed by atoms with van der Waals surface area (Å²) in [6.07, 6.45) is -0.890. The van der Waals surface area contributed by atoms with Gasteiger partial charge in [0.1, 0.15) is 0 Å². The summed E-state index contributed by atoms with van der Waals surface area (Å²) in [5.74, 6) is 0.442. The lowest BCUT2D eigenvalue weighted by Gasteiger charge is -2.14. The highest BCUT2D eigenvalue weighted by Crippen LogP contribution is 2.32. The topological polar surface area (TPSA) is 73.9 Å². The highest BCUT2D eigenvalue weighted by Gasteiger charge is 2.19. The summed E-state index contributed by atoms with van der Waals surface area (Å²) in [5, 5.41) is 3.22. The Bertz CT molecular complexity index is 823. The predicted octanol–water partition coefficient (Wildman–Crippen LogP) is 2.86. The number of carbonyl (C=O) groups excluding carboxylic acids is 2. The number of carbonyl (C=O) groups is 2. The Morgan fingerprint density at radius 2 is 1.96 bits per heavy atom. The Balaban J connectivity index is 1.48. The van der Waals surface area contributed by atoms with Gasteiger partial charge in [-0.3, -0.25) is 9.59 Å². The number of ether oxygens (including phenoxy) is 3. The van der Waals surface area contributed by atoms with Gasteiger partial charge in [0, 0.05) is 11.6 Å². The van der Waals surface area contributed by atoms with E-state index in [2.05, 4.69) is 5.32 Å². The smallest absolute Gasteiger partial charge is 0.311 e. The fraction of sp³-hybridized carbons (Fsp3) is 0.263.